The van der Waals surface area contributed by atoms with Gasteiger partial charge in [-0.15, -0.1) is 0 Å². The molecule has 11 rings (SSSR count). The van der Waals surface area contributed by atoms with Crippen molar-refractivity contribution >= 4 is 43.9 Å². The molecule has 0 fully saturated rings. The van der Waals surface area contributed by atoms with Gasteiger partial charge in [0, 0.05) is 27.6 Å². The summed E-state index contributed by atoms with van der Waals surface area (Å²) in [5, 5.41) is 3.43. The molecule has 0 atom stereocenters. The molecule has 0 spiro atoms. The van der Waals surface area contributed by atoms with Crippen LogP contribution in [-0.2, 0) is 0 Å². The summed E-state index contributed by atoms with van der Waals surface area (Å²) >= 11 is 0. The van der Waals surface area contributed by atoms with Crippen molar-refractivity contribution < 1.29 is 4.42 Å². The fourth-order valence-corrected chi connectivity index (χ4v) is 8.26. The molecule has 262 valence electrons. The first-order valence-electron chi connectivity index (χ1n) is 18.9. The van der Waals surface area contributed by atoms with Gasteiger partial charge in [-0.1, -0.05) is 164 Å². The number of furan rings is 1. The molecule has 0 unspecified atom stereocenters. The lowest BCUT2D eigenvalue weighted by Crippen LogP contribution is -1.94. The fraction of sp³-hybridized carbons (Fsp3) is 0. The maximum atomic E-state index is 6.74. The van der Waals surface area contributed by atoms with Crippen LogP contribution in [-0.4, -0.2) is 14.5 Å². The first-order valence-corrected chi connectivity index (χ1v) is 18.9. The van der Waals surface area contributed by atoms with Crippen LogP contribution in [0.3, 0.4) is 0 Å². The van der Waals surface area contributed by atoms with Crippen molar-refractivity contribution in [3.05, 3.63) is 200 Å². The number of hydrogen-bond donors (Lipinski definition) is 0. The third-order valence-corrected chi connectivity index (χ3v) is 10.8. The molecule has 0 amide bonds. The smallest absolute Gasteiger partial charge is 0.180 e. The number of hydrogen-bond acceptors (Lipinski definition) is 3. The zero-order valence-electron chi connectivity index (χ0n) is 30.3. The molecule has 0 radical (unpaired) electrons. The van der Waals surface area contributed by atoms with Gasteiger partial charge in [-0.25, -0.2) is 9.97 Å². The van der Waals surface area contributed by atoms with Crippen LogP contribution in [0.5, 0.6) is 0 Å². The molecule has 3 aromatic heterocycles. The average molecular weight is 716 g/mol. The van der Waals surface area contributed by atoms with E-state index in [1.54, 1.807) is 0 Å². The van der Waals surface area contributed by atoms with Gasteiger partial charge in [-0.3, -0.25) is 0 Å². The first-order chi connectivity index (χ1) is 27.8. The molecule has 0 aliphatic heterocycles. The van der Waals surface area contributed by atoms with Gasteiger partial charge >= 0.3 is 0 Å². The van der Waals surface area contributed by atoms with Crippen molar-refractivity contribution in [3.8, 4) is 61.7 Å². The Morgan fingerprint density at radius 1 is 0.393 bits per heavy atom. The van der Waals surface area contributed by atoms with E-state index in [0.29, 0.717) is 11.4 Å². The summed E-state index contributed by atoms with van der Waals surface area (Å²) in [6.07, 6.45) is 0. The maximum Gasteiger partial charge on any atom is 0.180 e. The lowest BCUT2D eigenvalue weighted by molar-refractivity contribution is 0.667. The Labute approximate surface area is 323 Å². The largest absolute Gasteiger partial charge is 0.452 e. The minimum atomic E-state index is 0.660. The molecule has 0 saturated carbocycles. The van der Waals surface area contributed by atoms with E-state index in [2.05, 4.69) is 174 Å². The highest BCUT2D eigenvalue weighted by Gasteiger charge is 2.22. The van der Waals surface area contributed by atoms with Crippen LogP contribution in [0.1, 0.15) is 0 Å². The molecule has 0 saturated heterocycles. The standard InChI is InChI=1S/C52H33N3O/c1-4-15-34(16-5-1)35-29-31-36(32-30-35)49-51-50(54-52(53-49)37-17-6-2-7-18-37)48-42(25-14-28-46(48)56-51)39-20-12-19-38(33-39)41-24-13-27-45-47(41)43-23-10-11-26-44(43)55(45)40-21-8-3-9-22-40/h1-33H. The van der Waals surface area contributed by atoms with Crippen LogP contribution in [0.4, 0.5) is 0 Å². The number of benzene rings is 8. The Morgan fingerprint density at radius 3 is 1.70 bits per heavy atom. The van der Waals surface area contributed by atoms with Crippen molar-refractivity contribution in [1.82, 2.24) is 14.5 Å². The highest BCUT2D eigenvalue weighted by Crippen LogP contribution is 2.43. The zero-order valence-corrected chi connectivity index (χ0v) is 30.3. The van der Waals surface area contributed by atoms with Crippen LogP contribution >= 0.6 is 0 Å². The molecule has 4 heteroatoms. The van der Waals surface area contributed by atoms with E-state index in [9.17, 15) is 0 Å². The number of fused-ring (bicyclic) bond motifs is 6. The number of aromatic nitrogens is 3. The van der Waals surface area contributed by atoms with E-state index >= 15 is 0 Å². The monoisotopic (exact) mass is 715 g/mol. The van der Waals surface area contributed by atoms with Gasteiger partial charge < -0.3 is 8.98 Å². The number of nitrogens with zero attached hydrogens (tertiary/aromatic N) is 3. The van der Waals surface area contributed by atoms with Crippen molar-refractivity contribution in [2.75, 3.05) is 0 Å². The molecule has 4 nitrogen and oxygen atoms in total. The Kier molecular flexibility index (Phi) is 7.46. The van der Waals surface area contributed by atoms with Crippen molar-refractivity contribution in [1.29, 1.82) is 0 Å². The van der Waals surface area contributed by atoms with E-state index in [1.165, 1.54) is 32.9 Å². The van der Waals surface area contributed by atoms with Crippen LogP contribution in [0, 0.1) is 0 Å². The predicted molar refractivity (Wildman–Crippen MR) is 231 cm³/mol. The second kappa shape index (κ2) is 13.1. The molecule has 56 heavy (non-hydrogen) atoms. The highest BCUT2D eigenvalue weighted by atomic mass is 16.3. The van der Waals surface area contributed by atoms with Crippen molar-refractivity contribution in [2.45, 2.75) is 0 Å². The van der Waals surface area contributed by atoms with E-state index in [0.717, 1.165) is 61.2 Å². The summed E-state index contributed by atoms with van der Waals surface area (Å²) in [5.41, 5.74) is 15.3. The summed E-state index contributed by atoms with van der Waals surface area (Å²) in [4.78, 5) is 10.4. The van der Waals surface area contributed by atoms with Gasteiger partial charge in [-0.05, 0) is 69.8 Å². The summed E-state index contributed by atoms with van der Waals surface area (Å²) < 4.78 is 9.11. The highest BCUT2D eigenvalue weighted by molar-refractivity contribution is 6.17. The fourth-order valence-electron chi connectivity index (χ4n) is 8.26. The molecular formula is C52H33N3O. The van der Waals surface area contributed by atoms with Crippen molar-refractivity contribution in [3.63, 3.8) is 0 Å². The van der Waals surface area contributed by atoms with E-state index < -0.39 is 0 Å². The van der Waals surface area contributed by atoms with Gasteiger partial charge in [0.05, 0.1) is 16.4 Å². The van der Waals surface area contributed by atoms with Crippen molar-refractivity contribution in [2.24, 2.45) is 0 Å². The van der Waals surface area contributed by atoms with Crippen LogP contribution in [0.25, 0.3) is 106 Å². The molecule has 0 N–H and O–H groups in total. The molecule has 0 aliphatic carbocycles. The SMILES string of the molecule is c1ccc(-c2ccc(-c3nc(-c4ccccc4)nc4c3oc3cccc(-c5cccc(-c6cccc7c6c6ccccc6n7-c6ccccc6)c5)c34)cc2)cc1. The minimum Gasteiger partial charge on any atom is -0.452 e. The minimum absolute atomic E-state index is 0.660. The van der Waals surface area contributed by atoms with E-state index in [4.69, 9.17) is 14.4 Å². The van der Waals surface area contributed by atoms with E-state index in [-0.39, 0.29) is 0 Å². The lowest BCUT2D eigenvalue weighted by Gasteiger charge is -2.10. The van der Waals surface area contributed by atoms with Gasteiger partial charge in [0.25, 0.3) is 0 Å². The zero-order chi connectivity index (χ0) is 37.0. The quantitative estimate of drug-likeness (QED) is 0.172. The maximum absolute atomic E-state index is 6.74. The molecule has 3 heterocycles. The van der Waals surface area contributed by atoms with Gasteiger partial charge in [0.2, 0.25) is 0 Å². The second-order valence-electron chi connectivity index (χ2n) is 14.1. The van der Waals surface area contributed by atoms with Crippen LogP contribution < -0.4 is 0 Å². The normalized spacial score (nSPS) is 11.6. The predicted octanol–water partition coefficient (Wildman–Crippen LogP) is 13.8. The third-order valence-electron chi connectivity index (χ3n) is 10.8. The summed E-state index contributed by atoms with van der Waals surface area (Å²) in [5.74, 6) is 0.660. The summed E-state index contributed by atoms with van der Waals surface area (Å²) in [7, 11) is 0. The lowest BCUT2D eigenvalue weighted by atomic mass is 9.94. The van der Waals surface area contributed by atoms with Gasteiger partial charge in [0.1, 0.15) is 16.8 Å². The van der Waals surface area contributed by atoms with E-state index in [1.807, 2.05) is 30.3 Å². The Balaban J connectivity index is 1.10. The number of para-hydroxylation sites is 2. The number of rotatable bonds is 6. The average Bonchev–Trinajstić information content (AvgIpc) is 3.83. The molecule has 0 bridgehead atoms. The Bertz CT molecular complexity index is 3220. The first kappa shape index (κ1) is 31.9. The van der Waals surface area contributed by atoms with Gasteiger partial charge in [-0.2, -0.15) is 0 Å². The van der Waals surface area contributed by atoms with Gasteiger partial charge in [0.15, 0.2) is 11.4 Å². The molecule has 11 aromatic rings. The molecule has 8 aromatic carbocycles. The van der Waals surface area contributed by atoms with Crippen LogP contribution in [0.2, 0.25) is 0 Å². The Morgan fingerprint density at radius 2 is 0.946 bits per heavy atom. The molecular weight excluding hydrogens is 683 g/mol. The Hall–Kier alpha value is -7.56. The van der Waals surface area contributed by atoms with Crippen LogP contribution in [0.15, 0.2) is 205 Å². The topological polar surface area (TPSA) is 43.9 Å². The summed E-state index contributed by atoms with van der Waals surface area (Å²) in [6, 6.07) is 70.3. The molecule has 0 aliphatic rings. The third kappa shape index (κ3) is 5.23. The second-order valence-corrected chi connectivity index (χ2v) is 14.1. The summed E-state index contributed by atoms with van der Waals surface area (Å²) in [6.45, 7) is 0.